The SMILES string of the molecule is COc1ccc(C=C2N=C(SC3CCOC3=O)N(c3cccc(OC)c3)C2=O)cc1. The molecule has 0 bridgehead atoms. The second-order valence-electron chi connectivity index (χ2n) is 6.60. The van der Waals surface area contributed by atoms with Gasteiger partial charge in [-0.05, 0) is 35.9 Å². The minimum absolute atomic E-state index is 0.270. The van der Waals surface area contributed by atoms with Crippen LogP contribution in [0.1, 0.15) is 12.0 Å². The van der Waals surface area contributed by atoms with Gasteiger partial charge in [-0.15, -0.1) is 0 Å². The van der Waals surface area contributed by atoms with E-state index in [0.29, 0.717) is 29.6 Å². The van der Waals surface area contributed by atoms with E-state index in [4.69, 9.17) is 14.2 Å². The van der Waals surface area contributed by atoms with Gasteiger partial charge in [-0.25, -0.2) is 4.99 Å². The maximum atomic E-state index is 13.2. The molecule has 2 aromatic rings. The number of methoxy groups -OCH3 is 2. The standard InChI is InChI=1S/C22H20N2O5S/c1-27-16-8-6-14(7-9-16)12-18-20(25)24(15-4-3-5-17(13-15)28-2)22(23-18)30-19-10-11-29-21(19)26/h3-9,12-13,19H,10-11H2,1-2H3. The van der Waals surface area contributed by atoms with Gasteiger partial charge >= 0.3 is 5.97 Å². The smallest absolute Gasteiger partial charge is 0.319 e. The number of hydrogen-bond acceptors (Lipinski definition) is 7. The first-order valence-corrected chi connectivity index (χ1v) is 10.2. The normalized spacial score (nSPS) is 19.8. The average molecular weight is 424 g/mol. The Labute approximate surface area is 178 Å². The molecule has 1 unspecified atom stereocenters. The Morgan fingerprint density at radius 3 is 2.53 bits per heavy atom. The van der Waals surface area contributed by atoms with Crippen LogP contribution < -0.4 is 14.4 Å². The molecule has 0 saturated carbocycles. The molecule has 0 radical (unpaired) electrons. The number of carbonyl (C=O) groups excluding carboxylic acids is 2. The van der Waals surface area contributed by atoms with E-state index in [-0.39, 0.29) is 22.8 Å². The highest BCUT2D eigenvalue weighted by Gasteiger charge is 2.37. The zero-order chi connectivity index (χ0) is 21.1. The highest BCUT2D eigenvalue weighted by atomic mass is 32.2. The van der Waals surface area contributed by atoms with Gasteiger partial charge in [0.15, 0.2) is 5.17 Å². The molecule has 2 heterocycles. The van der Waals surface area contributed by atoms with Crippen molar-refractivity contribution in [3.05, 3.63) is 59.8 Å². The van der Waals surface area contributed by atoms with E-state index in [1.54, 1.807) is 44.6 Å². The third-order valence-corrected chi connectivity index (χ3v) is 5.89. The number of anilines is 1. The van der Waals surface area contributed by atoms with Gasteiger partial charge in [-0.3, -0.25) is 14.5 Å². The molecule has 4 rings (SSSR count). The molecule has 1 fully saturated rings. The van der Waals surface area contributed by atoms with Crippen LogP contribution in [0, 0.1) is 0 Å². The molecule has 7 nitrogen and oxygen atoms in total. The van der Waals surface area contributed by atoms with E-state index in [2.05, 4.69) is 4.99 Å². The third-order valence-electron chi connectivity index (χ3n) is 4.70. The minimum Gasteiger partial charge on any atom is -0.497 e. The van der Waals surface area contributed by atoms with Crippen molar-refractivity contribution in [3.63, 3.8) is 0 Å². The first-order valence-electron chi connectivity index (χ1n) is 9.35. The average Bonchev–Trinajstić information content (AvgIpc) is 3.31. The summed E-state index contributed by atoms with van der Waals surface area (Å²) in [5, 5.41) is 0.0573. The van der Waals surface area contributed by atoms with Gasteiger partial charge in [0.1, 0.15) is 22.4 Å². The Hall–Kier alpha value is -3.26. The predicted molar refractivity (Wildman–Crippen MR) is 116 cm³/mol. The van der Waals surface area contributed by atoms with Gasteiger partial charge in [-0.2, -0.15) is 0 Å². The van der Waals surface area contributed by atoms with Crippen molar-refractivity contribution in [2.75, 3.05) is 25.7 Å². The van der Waals surface area contributed by atoms with E-state index in [1.165, 1.54) is 16.7 Å². The van der Waals surface area contributed by atoms with Crippen molar-refractivity contribution >= 4 is 40.6 Å². The lowest BCUT2D eigenvalue weighted by Gasteiger charge is -2.19. The molecule has 0 aliphatic carbocycles. The number of carbonyl (C=O) groups is 2. The number of amidine groups is 1. The van der Waals surface area contributed by atoms with Gasteiger partial charge in [-0.1, -0.05) is 30.0 Å². The highest BCUT2D eigenvalue weighted by Crippen LogP contribution is 2.34. The van der Waals surface area contributed by atoms with Crippen LogP contribution in [-0.2, 0) is 14.3 Å². The van der Waals surface area contributed by atoms with Crippen molar-refractivity contribution in [2.24, 2.45) is 4.99 Å². The van der Waals surface area contributed by atoms with E-state index in [0.717, 1.165) is 11.3 Å². The Bertz CT molecular complexity index is 1030. The number of ether oxygens (including phenoxy) is 3. The maximum absolute atomic E-state index is 13.2. The second-order valence-corrected chi connectivity index (χ2v) is 7.77. The Morgan fingerprint density at radius 1 is 1.10 bits per heavy atom. The second kappa shape index (κ2) is 8.62. The van der Waals surface area contributed by atoms with Crippen LogP contribution >= 0.6 is 11.8 Å². The van der Waals surface area contributed by atoms with Crippen LogP contribution in [-0.4, -0.2) is 43.1 Å². The molecule has 0 spiro atoms. The van der Waals surface area contributed by atoms with Crippen molar-refractivity contribution in [3.8, 4) is 11.5 Å². The topological polar surface area (TPSA) is 77.4 Å². The predicted octanol–water partition coefficient (Wildman–Crippen LogP) is 3.50. The zero-order valence-corrected chi connectivity index (χ0v) is 17.3. The van der Waals surface area contributed by atoms with E-state index in [9.17, 15) is 9.59 Å². The summed E-state index contributed by atoms with van der Waals surface area (Å²) in [4.78, 5) is 31.3. The molecular formula is C22H20N2O5S. The lowest BCUT2D eigenvalue weighted by Crippen LogP contribution is -2.32. The van der Waals surface area contributed by atoms with Gasteiger partial charge in [0, 0.05) is 12.5 Å². The molecule has 2 aliphatic heterocycles. The number of benzene rings is 2. The van der Waals surface area contributed by atoms with E-state index >= 15 is 0 Å². The minimum atomic E-state index is -0.384. The quantitative estimate of drug-likeness (QED) is 0.540. The van der Waals surface area contributed by atoms with Crippen LogP contribution in [0.3, 0.4) is 0 Å². The monoisotopic (exact) mass is 424 g/mol. The fourth-order valence-corrected chi connectivity index (χ4v) is 4.20. The summed E-state index contributed by atoms with van der Waals surface area (Å²) in [5.74, 6) is 0.797. The zero-order valence-electron chi connectivity index (χ0n) is 16.5. The summed E-state index contributed by atoms with van der Waals surface area (Å²) in [7, 11) is 3.17. The van der Waals surface area contributed by atoms with Gasteiger partial charge in [0.05, 0.1) is 26.5 Å². The molecule has 2 aliphatic rings. The molecule has 154 valence electrons. The van der Waals surface area contributed by atoms with Crippen molar-refractivity contribution < 1.29 is 23.8 Å². The number of amides is 1. The van der Waals surface area contributed by atoms with E-state index < -0.39 is 0 Å². The van der Waals surface area contributed by atoms with Crippen LogP contribution in [0.5, 0.6) is 11.5 Å². The lowest BCUT2D eigenvalue weighted by atomic mass is 10.2. The first-order chi connectivity index (χ1) is 14.6. The maximum Gasteiger partial charge on any atom is 0.319 e. The number of thioether (sulfide) groups is 1. The Kier molecular flexibility index (Phi) is 5.76. The number of aliphatic imine (C=N–C) groups is 1. The first kappa shape index (κ1) is 20.0. The number of rotatable bonds is 5. The van der Waals surface area contributed by atoms with Crippen molar-refractivity contribution in [2.45, 2.75) is 11.7 Å². The van der Waals surface area contributed by atoms with Crippen molar-refractivity contribution in [1.29, 1.82) is 0 Å². The third kappa shape index (κ3) is 4.04. The number of nitrogens with zero attached hydrogens (tertiary/aromatic N) is 2. The molecule has 0 N–H and O–H groups in total. The number of cyclic esters (lactones) is 1. The summed E-state index contributed by atoms with van der Waals surface area (Å²) >= 11 is 1.24. The largest absolute Gasteiger partial charge is 0.497 e. The van der Waals surface area contributed by atoms with Gasteiger partial charge < -0.3 is 14.2 Å². The fraction of sp³-hybridized carbons (Fsp3) is 0.227. The summed E-state index contributed by atoms with van der Waals surface area (Å²) in [5.41, 5.74) is 1.73. The van der Waals surface area contributed by atoms with Crippen LogP contribution in [0.25, 0.3) is 6.08 Å². The van der Waals surface area contributed by atoms with Crippen LogP contribution in [0.2, 0.25) is 0 Å². The van der Waals surface area contributed by atoms with Gasteiger partial charge in [0.2, 0.25) is 0 Å². The Morgan fingerprint density at radius 2 is 1.87 bits per heavy atom. The van der Waals surface area contributed by atoms with Crippen LogP contribution in [0.15, 0.2) is 59.2 Å². The molecule has 1 atom stereocenters. The molecule has 30 heavy (non-hydrogen) atoms. The summed E-state index contributed by atoms with van der Waals surface area (Å²) in [6.45, 7) is 0.380. The molecule has 0 aromatic heterocycles. The fourth-order valence-electron chi connectivity index (χ4n) is 3.12. The van der Waals surface area contributed by atoms with Crippen LogP contribution in [0.4, 0.5) is 5.69 Å². The lowest BCUT2D eigenvalue weighted by molar-refractivity contribution is -0.137. The Balaban J connectivity index is 1.69. The molecule has 1 amide bonds. The molecular weight excluding hydrogens is 404 g/mol. The summed E-state index contributed by atoms with van der Waals surface area (Å²) < 4.78 is 15.5. The molecule has 8 heteroatoms. The summed E-state index contributed by atoms with van der Waals surface area (Å²) in [6.07, 6.45) is 2.30. The number of hydrogen-bond donors (Lipinski definition) is 0. The number of esters is 1. The molecule has 2 aromatic carbocycles. The van der Waals surface area contributed by atoms with E-state index in [1.807, 2.05) is 24.3 Å². The highest BCUT2D eigenvalue weighted by molar-refractivity contribution is 8.15. The van der Waals surface area contributed by atoms with Crippen molar-refractivity contribution in [1.82, 2.24) is 0 Å². The summed E-state index contributed by atoms with van der Waals surface area (Å²) in [6, 6.07) is 14.5. The molecule has 1 saturated heterocycles. The van der Waals surface area contributed by atoms with Gasteiger partial charge in [0.25, 0.3) is 5.91 Å².